The first-order valence-electron chi connectivity index (χ1n) is 9.31. The fraction of sp³-hybridized carbons (Fsp3) is 0.400. The van der Waals surface area contributed by atoms with E-state index >= 15 is 0 Å². The van der Waals surface area contributed by atoms with Crippen LogP contribution in [-0.2, 0) is 0 Å². The van der Waals surface area contributed by atoms with Crippen molar-refractivity contribution in [3.63, 3.8) is 0 Å². The Bertz CT molecular complexity index is 965. The zero-order valence-electron chi connectivity index (χ0n) is 15.6. The normalized spacial score (nSPS) is 11.1. The van der Waals surface area contributed by atoms with Gasteiger partial charge in [-0.2, -0.15) is 4.98 Å². The van der Waals surface area contributed by atoms with Gasteiger partial charge in [-0.25, -0.2) is 4.79 Å². The smallest absolute Gasteiger partial charge is 0.331 e. The summed E-state index contributed by atoms with van der Waals surface area (Å²) in [7, 11) is 0. The molecule has 0 spiro atoms. The minimum atomic E-state index is -0.232. The quantitative estimate of drug-likeness (QED) is 0.490. The number of rotatable bonds is 9. The van der Waals surface area contributed by atoms with Gasteiger partial charge in [0.2, 0.25) is 11.8 Å². The Kier molecular flexibility index (Phi) is 6.55. The van der Waals surface area contributed by atoms with Crippen LogP contribution in [0.3, 0.4) is 0 Å². The van der Waals surface area contributed by atoms with Gasteiger partial charge in [0.15, 0.2) is 0 Å². The molecule has 1 aromatic carbocycles. The first kappa shape index (κ1) is 19.5. The van der Waals surface area contributed by atoms with Gasteiger partial charge in [0, 0.05) is 10.5 Å². The van der Waals surface area contributed by atoms with Crippen molar-refractivity contribution in [1.29, 1.82) is 0 Å². The van der Waals surface area contributed by atoms with Crippen molar-refractivity contribution in [2.75, 3.05) is 13.2 Å². The average molecular weight is 434 g/mol. The zero-order chi connectivity index (χ0) is 19.2. The number of unbranched alkanes of at least 4 members (excludes halogenated alkanes) is 2. The molecular weight excluding hydrogens is 410 g/mol. The number of hydrogen-bond acceptors (Lipinski definition) is 4. The highest BCUT2D eigenvalue weighted by molar-refractivity contribution is 9.10. The van der Waals surface area contributed by atoms with Crippen molar-refractivity contribution in [2.24, 2.45) is 0 Å². The van der Waals surface area contributed by atoms with E-state index in [2.05, 4.69) is 39.7 Å². The second-order valence-electron chi connectivity index (χ2n) is 6.30. The summed E-state index contributed by atoms with van der Waals surface area (Å²) < 4.78 is 14.1. The molecule has 3 aromatic rings. The van der Waals surface area contributed by atoms with Crippen molar-refractivity contribution >= 4 is 27.0 Å². The molecule has 0 aliphatic carbocycles. The van der Waals surface area contributed by atoms with Crippen molar-refractivity contribution in [2.45, 2.75) is 39.5 Å². The number of pyridine rings is 1. The molecule has 3 rings (SSSR count). The van der Waals surface area contributed by atoms with Crippen LogP contribution in [0.25, 0.3) is 16.7 Å². The number of H-pyrrole nitrogens is 1. The molecule has 2 heterocycles. The van der Waals surface area contributed by atoms with E-state index in [0.717, 1.165) is 41.2 Å². The number of fused-ring (bicyclic) bond motifs is 1. The highest BCUT2D eigenvalue weighted by Crippen LogP contribution is 2.27. The summed E-state index contributed by atoms with van der Waals surface area (Å²) in [6, 6.07) is 9.27. The SMILES string of the molecule is CCCCOc1ccc(-n2c(=O)[nH]c3cc(Br)ccc32)c(OCCCC)n1. The van der Waals surface area contributed by atoms with Gasteiger partial charge in [0.1, 0.15) is 5.69 Å². The molecule has 1 N–H and O–H groups in total. The highest BCUT2D eigenvalue weighted by Gasteiger charge is 2.16. The number of nitrogens with zero attached hydrogens (tertiary/aromatic N) is 2. The van der Waals surface area contributed by atoms with E-state index in [1.165, 1.54) is 0 Å². The van der Waals surface area contributed by atoms with E-state index in [1.54, 1.807) is 10.6 Å². The van der Waals surface area contributed by atoms with E-state index in [4.69, 9.17) is 9.47 Å². The van der Waals surface area contributed by atoms with Crippen molar-refractivity contribution in [3.8, 4) is 17.4 Å². The van der Waals surface area contributed by atoms with E-state index in [0.29, 0.717) is 30.7 Å². The number of aromatic amines is 1. The van der Waals surface area contributed by atoms with Crippen molar-refractivity contribution in [3.05, 3.63) is 45.3 Å². The van der Waals surface area contributed by atoms with Gasteiger partial charge < -0.3 is 14.5 Å². The highest BCUT2D eigenvalue weighted by atomic mass is 79.9. The maximum Gasteiger partial charge on any atom is 0.331 e. The van der Waals surface area contributed by atoms with E-state index in [1.807, 2.05) is 24.3 Å². The van der Waals surface area contributed by atoms with Crippen LogP contribution in [0.1, 0.15) is 39.5 Å². The minimum absolute atomic E-state index is 0.232. The number of halogens is 1. The first-order valence-corrected chi connectivity index (χ1v) is 10.1. The molecule has 7 heteroatoms. The fourth-order valence-corrected chi connectivity index (χ4v) is 3.09. The predicted octanol–water partition coefficient (Wildman–Crippen LogP) is 4.83. The van der Waals surface area contributed by atoms with Crippen LogP contribution in [0.4, 0.5) is 0 Å². The van der Waals surface area contributed by atoms with Crippen LogP contribution in [0, 0.1) is 0 Å². The first-order chi connectivity index (χ1) is 13.1. The number of hydrogen-bond donors (Lipinski definition) is 1. The lowest BCUT2D eigenvalue weighted by Crippen LogP contribution is -2.16. The third-order valence-corrected chi connectivity index (χ3v) is 4.68. The molecule has 144 valence electrons. The molecule has 0 fully saturated rings. The summed E-state index contributed by atoms with van der Waals surface area (Å²) >= 11 is 3.43. The summed E-state index contributed by atoms with van der Waals surface area (Å²) in [4.78, 5) is 20.0. The van der Waals surface area contributed by atoms with Gasteiger partial charge in [0.05, 0.1) is 24.2 Å². The summed E-state index contributed by atoms with van der Waals surface area (Å²) in [6.07, 6.45) is 3.95. The minimum Gasteiger partial charge on any atom is -0.478 e. The summed E-state index contributed by atoms with van der Waals surface area (Å²) in [5, 5.41) is 0. The van der Waals surface area contributed by atoms with Crippen LogP contribution < -0.4 is 15.2 Å². The molecule has 0 radical (unpaired) electrons. The molecule has 0 bridgehead atoms. The Morgan fingerprint density at radius 3 is 2.56 bits per heavy atom. The Morgan fingerprint density at radius 2 is 1.81 bits per heavy atom. The number of aromatic nitrogens is 3. The third kappa shape index (κ3) is 4.53. The average Bonchev–Trinajstić information content (AvgIpc) is 2.97. The van der Waals surface area contributed by atoms with E-state index in [9.17, 15) is 4.79 Å². The van der Waals surface area contributed by atoms with Gasteiger partial charge in [-0.1, -0.05) is 42.6 Å². The van der Waals surface area contributed by atoms with Crippen molar-refractivity contribution in [1.82, 2.24) is 14.5 Å². The summed E-state index contributed by atoms with van der Waals surface area (Å²) in [6.45, 7) is 5.36. The van der Waals surface area contributed by atoms with Crippen molar-refractivity contribution < 1.29 is 9.47 Å². The molecule has 0 aliphatic heterocycles. The number of nitrogens with one attached hydrogen (secondary N) is 1. The third-order valence-electron chi connectivity index (χ3n) is 4.18. The Hall–Kier alpha value is -2.28. The molecule has 0 saturated carbocycles. The number of imidazole rings is 1. The molecule has 0 amide bonds. The van der Waals surface area contributed by atoms with Gasteiger partial charge in [-0.15, -0.1) is 0 Å². The molecule has 0 unspecified atom stereocenters. The van der Waals surface area contributed by atoms with Crippen LogP contribution in [-0.4, -0.2) is 27.7 Å². The monoisotopic (exact) mass is 433 g/mol. The Labute approximate surface area is 166 Å². The standard InChI is InChI=1S/C20H24BrN3O3/c1-3-5-11-26-18-10-9-17(19(23-18)27-12-6-4-2)24-16-8-7-14(21)13-15(16)22-20(24)25/h7-10,13H,3-6,11-12H2,1-2H3,(H,22,25). The van der Waals surface area contributed by atoms with Crippen LogP contribution in [0.5, 0.6) is 11.8 Å². The van der Waals surface area contributed by atoms with Crippen LogP contribution in [0.2, 0.25) is 0 Å². The Balaban J connectivity index is 2.03. The second-order valence-corrected chi connectivity index (χ2v) is 7.22. The van der Waals surface area contributed by atoms with Gasteiger partial charge in [-0.3, -0.25) is 4.57 Å². The lowest BCUT2D eigenvalue weighted by Gasteiger charge is -2.13. The van der Waals surface area contributed by atoms with Crippen LogP contribution >= 0.6 is 15.9 Å². The molecule has 27 heavy (non-hydrogen) atoms. The largest absolute Gasteiger partial charge is 0.478 e. The second kappa shape index (κ2) is 9.08. The summed E-state index contributed by atoms with van der Waals surface area (Å²) in [5.41, 5.74) is 1.89. The maximum atomic E-state index is 12.6. The topological polar surface area (TPSA) is 69.1 Å². The fourth-order valence-electron chi connectivity index (χ4n) is 2.73. The van der Waals surface area contributed by atoms with Gasteiger partial charge >= 0.3 is 5.69 Å². The maximum absolute atomic E-state index is 12.6. The molecule has 0 atom stereocenters. The summed E-state index contributed by atoms with van der Waals surface area (Å²) in [5.74, 6) is 0.915. The van der Waals surface area contributed by atoms with E-state index in [-0.39, 0.29) is 5.69 Å². The number of benzene rings is 1. The van der Waals surface area contributed by atoms with Crippen LogP contribution in [0.15, 0.2) is 39.6 Å². The lowest BCUT2D eigenvalue weighted by atomic mass is 10.3. The molecule has 2 aromatic heterocycles. The van der Waals surface area contributed by atoms with E-state index < -0.39 is 0 Å². The molecule has 6 nitrogen and oxygen atoms in total. The van der Waals surface area contributed by atoms with Gasteiger partial charge in [0.25, 0.3) is 0 Å². The molecule has 0 aliphatic rings. The zero-order valence-corrected chi connectivity index (χ0v) is 17.2. The predicted molar refractivity (Wildman–Crippen MR) is 110 cm³/mol. The molecule has 0 saturated heterocycles. The molecular formula is C20H24BrN3O3. The van der Waals surface area contributed by atoms with Gasteiger partial charge in [-0.05, 0) is 37.1 Å². The lowest BCUT2D eigenvalue weighted by molar-refractivity contribution is 0.272. The Morgan fingerprint density at radius 1 is 1.07 bits per heavy atom. The number of ether oxygens (including phenoxy) is 2.